The molecule has 0 aromatic heterocycles. The van der Waals surface area contributed by atoms with Crippen LogP contribution in [0.25, 0.3) is 0 Å². The first-order valence-electron chi connectivity index (χ1n) is 2.04. The highest BCUT2D eigenvalue weighted by atomic mass is 16.3. The van der Waals surface area contributed by atoms with Crippen molar-refractivity contribution in [1.82, 2.24) is 0 Å². The molecule has 0 unspecified atom stereocenters. The van der Waals surface area contributed by atoms with Crippen LogP contribution >= 0.6 is 0 Å². The maximum atomic E-state index is 8.81. The van der Waals surface area contributed by atoms with Gasteiger partial charge in [0, 0.05) is 6.54 Å². The molecule has 0 saturated heterocycles. The second-order valence-electron chi connectivity index (χ2n) is 0.748. The van der Waals surface area contributed by atoms with Gasteiger partial charge in [0.25, 0.3) is 0 Å². The number of carbonyl (C=O) groups is 1. The zero-order valence-electron chi connectivity index (χ0n) is 4.42. The van der Waals surface area contributed by atoms with Gasteiger partial charge in [-0.3, -0.25) is 0 Å². The van der Waals surface area contributed by atoms with Crippen LogP contribution in [0.2, 0.25) is 0 Å². The van der Waals surface area contributed by atoms with Crippen molar-refractivity contribution < 1.29 is 9.90 Å². The topological polar surface area (TPSA) is 63.3 Å². The lowest BCUT2D eigenvalue weighted by Crippen LogP contribution is -2.02. The minimum atomic E-state index is 0.0972. The van der Waals surface area contributed by atoms with Crippen LogP contribution in [0, 0.1) is 0 Å². The van der Waals surface area contributed by atoms with Crippen molar-refractivity contribution in [2.24, 2.45) is 5.73 Å². The summed E-state index contributed by atoms with van der Waals surface area (Å²) in [6.07, 6.45) is 0.750. The van der Waals surface area contributed by atoms with Crippen LogP contribution in [-0.2, 0) is 4.79 Å². The number of hydrogen-bond donors (Lipinski definition) is 2. The highest BCUT2D eigenvalue weighted by Crippen LogP contribution is 1.33. The molecule has 44 valence electrons. The third-order valence-electron chi connectivity index (χ3n) is 0.129. The molecule has 0 aliphatic rings. The van der Waals surface area contributed by atoms with E-state index in [0.29, 0.717) is 6.54 Å². The summed E-state index contributed by atoms with van der Waals surface area (Å²) in [5, 5.41) is 7.75. The van der Waals surface area contributed by atoms with Crippen molar-refractivity contribution in [1.29, 1.82) is 0 Å². The second kappa shape index (κ2) is 17.6. The van der Waals surface area contributed by atoms with E-state index in [0.717, 1.165) is 6.29 Å². The molecule has 0 saturated carbocycles. The molecule has 0 aromatic carbocycles. The first-order valence-corrected chi connectivity index (χ1v) is 2.04. The lowest BCUT2D eigenvalue weighted by Gasteiger charge is -1.71. The van der Waals surface area contributed by atoms with E-state index in [-0.39, 0.29) is 6.61 Å². The Labute approximate surface area is 43.1 Å². The third-order valence-corrected chi connectivity index (χ3v) is 0.129. The zero-order chi connectivity index (χ0) is 6.12. The van der Waals surface area contributed by atoms with Gasteiger partial charge in [-0.1, -0.05) is 0 Å². The predicted molar refractivity (Wildman–Crippen MR) is 27.9 cm³/mol. The molecule has 3 N–H and O–H groups in total. The Kier molecular flexibility index (Phi) is 24.5. The minimum Gasteiger partial charge on any atom is -0.395 e. The Morgan fingerprint density at radius 2 is 2.00 bits per heavy atom. The maximum Gasteiger partial charge on any atom is 0.116 e. The van der Waals surface area contributed by atoms with Crippen molar-refractivity contribution in [2.75, 3.05) is 13.2 Å². The quantitative estimate of drug-likeness (QED) is 0.427. The van der Waals surface area contributed by atoms with Crippen LogP contribution in [0.1, 0.15) is 6.92 Å². The fourth-order valence-electron chi connectivity index (χ4n) is 0. The highest BCUT2D eigenvalue weighted by Gasteiger charge is 1.56. The van der Waals surface area contributed by atoms with Gasteiger partial charge in [0.2, 0.25) is 0 Å². The molecule has 7 heavy (non-hydrogen) atoms. The molecule has 0 bridgehead atoms. The molecule has 0 heterocycles. The van der Waals surface area contributed by atoms with E-state index in [4.69, 9.17) is 15.6 Å². The average Bonchev–Trinajstić information content (AvgIpc) is 1.69. The molecule has 0 aliphatic heterocycles. The van der Waals surface area contributed by atoms with Crippen LogP contribution in [0.15, 0.2) is 0 Å². The zero-order valence-corrected chi connectivity index (χ0v) is 4.42. The number of nitrogens with two attached hydrogens (primary N) is 1. The van der Waals surface area contributed by atoms with E-state index in [1.807, 2.05) is 0 Å². The van der Waals surface area contributed by atoms with Crippen LogP contribution in [0.3, 0.4) is 0 Å². The maximum absolute atomic E-state index is 8.81. The van der Waals surface area contributed by atoms with Gasteiger partial charge in [0.1, 0.15) is 6.29 Å². The van der Waals surface area contributed by atoms with Gasteiger partial charge in [0.05, 0.1) is 6.61 Å². The molecule has 0 aliphatic carbocycles. The van der Waals surface area contributed by atoms with Crippen molar-refractivity contribution in [2.45, 2.75) is 6.92 Å². The Balaban J connectivity index is 0. The SMILES string of the molecule is CC=O.NCCO. The van der Waals surface area contributed by atoms with E-state index < -0.39 is 0 Å². The average molecular weight is 105 g/mol. The Morgan fingerprint density at radius 1 is 1.86 bits per heavy atom. The molecule has 0 aromatic rings. The van der Waals surface area contributed by atoms with Crippen molar-refractivity contribution in [3.05, 3.63) is 0 Å². The Hall–Kier alpha value is -0.410. The van der Waals surface area contributed by atoms with Crippen molar-refractivity contribution in [3.63, 3.8) is 0 Å². The summed E-state index contributed by atoms with van der Waals surface area (Å²) < 4.78 is 0. The fourth-order valence-corrected chi connectivity index (χ4v) is 0. The predicted octanol–water partition coefficient (Wildman–Crippen LogP) is -0.857. The summed E-state index contributed by atoms with van der Waals surface area (Å²) in [7, 11) is 0. The first kappa shape index (κ1) is 9.77. The highest BCUT2D eigenvalue weighted by molar-refractivity contribution is 5.44. The van der Waals surface area contributed by atoms with Gasteiger partial charge >= 0.3 is 0 Å². The summed E-state index contributed by atoms with van der Waals surface area (Å²) in [4.78, 5) is 8.81. The Morgan fingerprint density at radius 3 is 2.00 bits per heavy atom. The lowest BCUT2D eigenvalue weighted by molar-refractivity contribution is -0.106. The van der Waals surface area contributed by atoms with Gasteiger partial charge in [0.15, 0.2) is 0 Å². The molecule has 3 nitrogen and oxygen atoms in total. The molecule has 0 radical (unpaired) electrons. The molecular weight excluding hydrogens is 94.0 g/mol. The van der Waals surface area contributed by atoms with Gasteiger partial charge in [-0.25, -0.2) is 0 Å². The number of rotatable bonds is 1. The summed E-state index contributed by atoms with van der Waals surface area (Å²) in [6, 6.07) is 0. The summed E-state index contributed by atoms with van der Waals surface area (Å²) >= 11 is 0. The smallest absolute Gasteiger partial charge is 0.116 e. The molecule has 0 fully saturated rings. The molecule has 3 heteroatoms. The fraction of sp³-hybridized carbons (Fsp3) is 0.750. The number of aliphatic hydroxyl groups is 1. The number of hydrogen-bond acceptors (Lipinski definition) is 3. The number of carbonyl (C=O) groups excluding carboxylic acids is 1. The number of aldehydes is 1. The van der Waals surface area contributed by atoms with E-state index in [1.165, 1.54) is 6.92 Å². The van der Waals surface area contributed by atoms with E-state index in [2.05, 4.69) is 0 Å². The summed E-state index contributed by atoms with van der Waals surface area (Å²) in [5.74, 6) is 0. The first-order chi connectivity index (χ1) is 3.33. The largest absolute Gasteiger partial charge is 0.395 e. The molecule has 0 rings (SSSR count). The van der Waals surface area contributed by atoms with E-state index >= 15 is 0 Å². The molecule has 0 atom stereocenters. The summed E-state index contributed by atoms with van der Waals surface area (Å²) in [5.41, 5.74) is 4.78. The van der Waals surface area contributed by atoms with Crippen molar-refractivity contribution in [3.8, 4) is 0 Å². The van der Waals surface area contributed by atoms with E-state index in [9.17, 15) is 0 Å². The Bertz CT molecular complexity index is 28.9. The van der Waals surface area contributed by atoms with Gasteiger partial charge in [-0.2, -0.15) is 0 Å². The van der Waals surface area contributed by atoms with Gasteiger partial charge < -0.3 is 15.6 Å². The van der Waals surface area contributed by atoms with Gasteiger partial charge in [-0.15, -0.1) is 0 Å². The van der Waals surface area contributed by atoms with Crippen LogP contribution in [-0.4, -0.2) is 24.5 Å². The van der Waals surface area contributed by atoms with Gasteiger partial charge in [-0.05, 0) is 6.92 Å². The summed E-state index contributed by atoms with van der Waals surface area (Å²) in [6.45, 7) is 1.92. The lowest BCUT2D eigenvalue weighted by atomic mass is 10.8. The molecular formula is C4H11NO2. The van der Waals surface area contributed by atoms with Crippen molar-refractivity contribution >= 4 is 6.29 Å². The minimum absolute atomic E-state index is 0.0972. The third kappa shape index (κ3) is 207. The standard InChI is InChI=1S/C2H7NO.C2H4O/c3-1-2-4;1-2-3/h4H,1-3H2;2H,1H3. The second-order valence-corrected chi connectivity index (χ2v) is 0.748. The normalized spacial score (nSPS) is 6.14. The molecule has 0 spiro atoms. The van der Waals surface area contributed by atoms with Crippen LogP contribution in [0.5, 0.6) is 0 Å². The van der Waals surface area contributed by atoms with E-state index in [1.54, 1.807) is 0 Å². The molecule has 0 amide bonds. The number of aliphatic hydroxyl groups excluding tert-OH is 1. The monoisotopic (exact) mass is 105 g/mol. The van der Waals surface area contributed by atoms with Crippen LogP contribution < -0.4 is 5.73 Å². The van der Waals surface area contributed by atoms with Crippen LogP contribution in [0.4, 0.5) is 0 Å².